The van der Waals surface area contributed by atoms with Crippen LogP contribution >= 0.6 is 0 Å². The summed E-state index contributed by atoms with van der Waals surface area (Å²) >= 11 is 0. The molecule has 0 bridgehead atoms. The number of aromatic nitrogens is 1. The molecule has 1 atom stereocenters. The van der Waals surface area contributed by atoms with Crippen LogP contribution in [0.3, 0.4) is 0 Å². The third kappa shape index (κ3) is 3.67. The van der Waals surface area contributed by atoms with Crippen molar-refractivity contribution in [2.45, 2.75) is 27.7 Å². The zero-order valence-electron chi connectivity index (χ0n) is 12.2. The van der Waals surface area contributed by atoms with Gasteiger partial charge in [-0.05, 0) is 44.9 Å². The van der Waals surface area contributed by atoms with Crippen molar-refractivity contribution in [2.24, 2.45) is 17.4 Å². The predicted octanol–water partition coefficient (Wildman–Crippen LogP) is 1.22. The smallest absolute Gasteiger partial charge is 0.252 e. The van der Waals surface area contributed by atoms with Crippen LogP contribution in [0.4, 0.5) is 5.82 Å². The number of anilines is 1. The summed E-state index contributed by atoms with van der Waals surface area (Å²) in [5.41, 5.74) is 13.4. The number of pyridine rings is 1. The number of hydrogen-bond acceptors (Lipinski definition) is 4. The topological polar surface area (TPSA) is 85.2 Å². The van der Waals surface area contributed by atoms with E-state index in [2.05, 4.69) is 16.8 Å². The van der Waals surface area contributed by atoms with Crippen LogP contribution in [0, 0.1) is 19.8 Å². The fourth-order valence-corrected chi connectivity index (χ4v) is 2.17. The van der Waals surface area contributed by atoms with Crippen LogP contribution < -0.4 is 16.4 Å². The average molecular weight is 264 g/mol. The molecule has 0 aliphatic rings. The molecule has 106 valence electrons. The number of hydrogen-bond donors (Lipinski definition) is 2. The van der Waals surface area contributed by atoms with E-state index < -0.39 is 5.91 Å². The highest BCUT2D eigenvalue weighted by atomic mass is 16.1. The molecule has 1 heterocycles. The normalized spacial score (nSPS) is 12.3. The molecule has 0 aliphatic carbocycles. The summed E-state index contributed by atoms with van der Waals surface area (Å²) in [5, 5.41) is 0. The molecule has 1 aromatic heterocycles. The second-order valence-corrected chi connectivity index (χ2v) is 5.02. The lowest BCUT2D eigenvalue weighted by molar-refractivity contribution is 0.1000. The summed E-state index contributed by atoms with van der Waals surface area (Å²) in [6, 6.07) is 1.88. The van der Waals surface area contributed by atoms with Crippen molar-refractivity contribution in [3.63, 3.8) is 0 Å². The van der Waals surface area contributed by atoms with E-state index in [1.807, 2.05) is 26.8 Å². The first kappa shape index (κ1) is 15.4. The maximum absolute atomic E-state index is 11.7. The maximum atomic E-state index is 11.7. The SMILES string of the molecule is CCN(CC(C)CN)c1nc(C)cc(C)c1C(N)=O. The van der Waals surface area contributed by atoms with E-state index in [1.54, 1.807) is 0 Å². The van der Waals surface area contributed by atoms with E-state index >= 15 is 0 Å². The van der Waals surface area contributed by atoms with Gasteiger partial charge in [-0.3, -0.25) is 4.79 Å². The summed E-state index contributed by atoms with van der Waals surface area (Å²) in [7, 11) is 0. The van der Waals surface area contributed by atoms with Crippen molar-refractivity contribution in [2.75, 3.05) is 24.5 Å². The van der Waals surface area contributed by atoms with E-state index in [1.165, 1.54) is 0 Å². The Morgan fingerprint density at radius 2 is 2.11 bits per heavy atom. The Kier molecular flexibility index (Phi) is 5.30. The highest BCUT2D eigenvalue weighted by Gasteiger charge is 2.19. The average Bonchev–Trinajstić information content (AvgIpc) is 2.33. The van der Waals surface area contributed by atoms with E-state index in [9.17, 15) is 4.79 Å². The van der Waals surface area contributed by atoms with Crippen LogP contribution in [0.25, 0.3) is 0 Å². The van der Waals surface area contributed by atoms with Gasteiger partial charge in [0.25, 0.3) is 5.91 Å². The molecule has 0 fully saturated rings. The van der Waals surface area contributed by atoms with E-state index in [0.29, 0.717) is 23.8 Å². The van der Waals surface area contributed by atoms with Crippen LogP contribution in [0.2, 0.25) is 0 Å². The molecule has 5 nitrogen and oxygen atoms in total. The largest absolute Gasteiger partial charge is 0.365 e. The molecule has 1 unspecified atom stereocenters. The molecular weight excluding hydrogens is 240 g/mol. The molecule has 5 heteroatoms. The van der Waals surface area contributed by atoms with Crippen molar-refractivity contribution in [1.82, 2.24) is 4.98 Å². The van der Waals surface area contributed by atoms with Gasteiger partial charge < -0.3 is 16.4 Å². The lowest BCUT2D eigenvalue weighted by Crippen LogP contribution is -2.34. The van der Waals surface area contributed by atoms with Crippen LogP contribution in [0.15, 0.2) is 6.07 Å². The summed E-state index contributed by atoms with van der Waals surface area (Å²) in [6.45, 7) is 10.1. The molecule has 0 spiro atoms. The van der Waals surface area contributed by atoms with Crippen LogP contribution in [0.1, 0.15) is 35.5 Å². The Morgan fingerprint density at radius 3 is 2.58 bits per heavy atom. The Bertz CT molecular complexity index is 459. The number of nitrogens with two attached hydrogens (primary N) is 2. The number of carbonyl (C=O) groups is 1. The van der Waals surface area contributed by atoms with Crippen LogP contribution in [-0.2, 0) is 0 Å². The summed E-state index contributed by atoms with van der Waals surface area (Å²) in [4.78, 5) is 18.2. The maximum Gasteiger partial charge on any atom is 0.252 e. The first-order valence-corrected chi connectivity index (χ1v) is 6.63. The second kappa shape index (κ2) is 6.52. The Hall–Kier alpha value is -1.62. The number of aryl methyl sites for hydroxylation is 2. The summed E-state index contributed by atoms with van der Waals surface area (Å²) in [6.07, 6.45) is 0. The fraction of sp³-hybridized carbons (Fsp3) is 0.571. The number of primary amides is 1. The van der Waals surface area contributed by atoms with Gasteiger partial charge in [0.05, 0.1) is 5.56 Å². The zero-order valence-corrected chi connectivity index (χ0v) is 12.2. The lowest BCUT2D eigenvalue weighted by Gasteiger charge is -2.27. The van der Waals surface area contributed by atoms with Gasteiger partial charge >= 0.3 is 0 Å². The van der Waals surface area contributed by atoms with Gasteiger partial charge in [0.2, 0.25) is 0 Å². The molecule has 1 amide bonds. The van der Waals surface area contributed by atoms with Crippen molar-refractivity contribution in [3.05, 3.63) is 22.9 Å². The second-order valence-electron chi connectivity index (χ2n) is 5.02. The molecular formula is C14H24N4O. The van der Waals surface area contributed by atoms with E-state index in [4.69, 9.17) is 11.5 Å². The van der Waals surface area contributed by atoms with Crippen LogP contribution in [0.5, 0.6) is 0 Å². The highest BCUT2D eigenvalue weighted by Crippen LogP contribution is 2.23. The van der Waals surface area contributed by atoms with E-state index in [0.717, 1.165) is 24.3 Å². The van der Waals surface area contributed by atoms with Crippen molar-refractivity contribution < 1.29 is 4.79 Å². The quantitative estimate of drug-likeness (QED) is 0.809. The predicted molar refractivity (Wildman–Crippen MR) is 78.3 cm³/mol. The molecule has 0 saturated carbocycles. The molecule has 19 heavy (non-hydrogen) atoms. The molecule has 0 aliphatic heterocycles. The molecule has 0 aromatic carbocycles. The molecule has 0 saturated heterocycles. The van der Waals surface area contributed by atoms with Gasteiger partial charge in [0, 0.05) is 18.8 Å². The van der Waals surface area contributed by atoms with Gasteiger partial charge in [-0.15, -0.1) is 0 Å². The number of carbonyl (C=O) groups excluding carboxylic acids is 1. The monoisotopic (exact) mass is 264 g/mol. The van der Waals surface area contributed by atoms with Gasteiger partial charge in [0.15, 0.2) is 0 Å². The van der Waals surface area contributed by atoms with Gasteiger partial charge in [-0.1, -0.05) is 6.92 Å². The first-order valence-electron chi connectivity index (χ1n) is 6.63. The Labute approximate surface area is 115 Å². The van der Waals surface area contributed by atoms with Crippen molar-refractivity contribution >= 4 is 11.7 Å². The molecule has 1 rings (SSSR count). The number of rotatable bonds is 6. The highest BCUT2D eigenvalue weighted by molar-refractivity contribution is 5.99. The number of amides is 1. The molecule has 0 radical (unpaired) electrons. The Balaban J connectivity index is 3.25. The summed E-state index contributed by atoms with van der Waals surface area (Å²) < 4.78 is 0. The minimum absolute atomic E-state index is 0.336. The Morgan fingerprint density at radius 1 is 1.47 bits per heavy atom. The van der Waals surface area contributed by atoms with Crippen molar-refractivity contribution in [1.29, 1.82) is 0 Å². The third-order valence-electron chi connectivity index (χ3n) is 3.19. The lowest BCUT2D eigenvalue weighted by atomic mass is 10.1. The van der Waals surface area contributed by atoms with Gasteiger partial charge in [-0.25, -0.2) is 4.98 Å². The molecule has 1 aromatic rings. The molecule has 4 N–H and O–H groups in total. The van der Waals surface area contributed by atoms with Crippen molar-refractivity contribution in [3.8, 4) is 0 Å². The fourth-order valence-electron chi connectivity index (χ4n) is 2.17. The zero-order chi connectivity index (χ0) is 14.6. The minimum Gasteiger partial charge on any atom is -0.365 e. The van der Waals surface area contributed by atoms with Gasteiger partial charge in [-0.2, -0.15) is 0 Å². The first-order chi connectivity index (χ1) is 8.90. The standard InChI is InChI=1S/C14H24N4O/c1-5-18(8-9(2)7-15)14-12(13(16)19)10(3)6-11(4)17-14/h6,9H,5,7-8,15H2,1-4H3,(H2,16,19). The van der Waals surface area contributed by atoms with E-state index in [-0.39, 0.29) is 0 Å². The van der Waals surface area contributed by atoms with Gasteiger partial charge in [0.1, 0.15) is 5.82 Å². The third-order valence-corrected chi connectivity index (χ3v) is 3.19. The van der Waals surface area contributed by atoms with Crippen LogP contribution in [-0.4, -0.2) is 30.5 Å². The minimum atomic E-state index is -0.432. The number of nitrogens with zero attached hydrogens (tertiary/aromatic N) is 2. The summed E-state index contributed by atoms with van der Waals surface area (Å²) in [5.74, 6) is 0.579.